The zero-order valence-corrected chi connectivity index (χ0v) is 21.7. The third-order valence-corrected chi connectivity index (χ3v) is 7.28. The average molecular weight is 548 g/mol. The summed E-state index contributed by atoms with van der Waals surface area (Å²) in [5, 5.41) is 14.0. The van der Waals surface area contributed by atoms with E-state index in [0.717, 1.165) is 17.7 Å². The molecule has 0 saturated carbocycles. The average Bonchev–Trinajstić information content (AvgIpc) is 2.91. The van der Waals surface area contributed by atoms with Gasteiger partial charge in [0.25, 0.3) is 11.6 Å². The molecule has 2 saturated heterocycles. The minimum absolute atomic E-state index is 0.0225. The minimum Gasteiger partial charge on any atom is -0.382 e. The molecule has 2 fully saturated rings. The van der Waals surface area contributed by atoms with Crippen LogP contribution in [0.1, 0.15) is 40.7 Å². The number of nitro groups is 1. The van der Waals surface area contributed by atoms with Crippen LogP contribution >= 0.6 is 0 Å². The molecule has 0 unspecified atom stereocenters. The Morgan fingerprint density at radius 2 is 1.69 bits per heavy atom. The van der Waals surface area contributed by atoms with Crippen LogP contribution in [-0.2, 0) is 11.0 Å². The van der Waals surface area contributed by atoms with E-state index in [4.69, 9.17) is 0 Å². The first-order valence-corrected chi connectivity index (χ1v) is 13.0. The van der Waals surface area contributed by atoms with Gasteiger partial charge in [0.2, 0.25) is 5.91 Å². The van der Waals surface area contributed by atoms with Crippen LogP contribution in [0.2, 0.25) is 0 Å². The predicted octanol–water partition coefficient (Wildman–Crippen LogP) is 4.17. The van der Waals surface area contributed by atoms with Crippen LogP contribution in [0.5, 0.6) is 0 Å². The number of likely N-dealkylation sites (tertiary alicyclic amines) is 1. The normalized spacial score (nSPS) is 17.2. The van der Waals surface area contributed by atoms with Gasteiger partial charge in [-0.05, 0) is 44.0 Å². The van der Waals surface area contributed by atoms with Gasteiger partial charge in [-0.3, -0.25) is 24.6 Å². The van der Waals surface area contributed by atoms with Gasteiger partial charge < -0.3 is 15.1 Å². The molecule has 0 aliphatic carbocycles. The fraction of sp³-hybridized carbons (Fsp3) is 0.481. The summed E-state index contributed by atoms with van der Waals surface area (Å²) in [6.45, 7) is 6.14. The van der Waals surface area contributed by atoms with Crippen molar-refractivity contribution in [3.8, 4) is 0 Å². The number of carbonyl (C=O) groups excluding carboxylic acids is 2. The van der Waals surface area contributed by atoms with E-state index >= 15 is 0 Å². The highest BCUT2D eigenvalue weighted by Gasteiger charge is 2.38. The van der Waals surface area contributed by atoms with Crippen molar-refractivity contribution in [2.45, 2.75) is 38.4 Å². The molecule has 2 aliphatic heterocycles. The highest BCUT2D eigenvalue weighted by molar-refractivity contribution is 5.94. The lowest BCUT2D eigenvalue weighted by atomic mass is 10.0. The van der Waals surface area contributed by atoms with Crippen LogP contribution in [0.4, 0.5) is 24.5 Å². The van der Waals surface area contributed by atoms with Gasteiger partial charge in [-0.15, -0.1) is 0 Å². The molecule has 4 rings (SSSR count). The van der Waals surface area contributed by atoms with Crippen molar-refractivity contribution in [2.75, 3.05) is 51.1 Å². The van der Waals surface area contributed by atoms with Crippen LogP contribution in [0.25, 0.3) is 0 Å². The molecule has 1 N–H and O–H groups in total. The summed E-state index contributed by atoms with van der Waals surface area (Å²) in [7, 11) is 0. The minimum atomic E-state index is -4.83. The Bertz CT molecular complexity index is 1210. The second kappa shape index (κ2) is 12.0. The van der Waals surface area contributed by atoms with Crippen molar-refractivity contribution < 1.29 is 27.7 Å². The molecule has 12 heteroatoms. The largest absolute Gasteiger partial charge is 0.423 e. The summed E-state index contributed by atoms with van der Waals surface area (Å²) in [5.74, 6) is 0.0515. The third kappa shape index (κ3) is 7.25. The van der Waals surface area contributed by atoms with Gasteiger partial charge >= 0.3 is 6.18 Å². The molecule has 2 aromatic rings. The number of halogens is 3. The molecule has 210 valence electrons. The number of benzene rings is 2. The first-order chi connectivity index (χ1) is 18.5. The number of amides is 2. The second-order valence-corrected chi connectivity index (χ2v) is 10.0. The SMILES string of the molecule is Cc1cccc(C(=O)N2CCN(CCC(=O)N3CCC(Nc4ccc([N+](=O)[O-])c(C(F)(F)F)c4)CC3)CC2)c1. The monoisotopic (exact) mass is 547 g/mol. The number of hydrogen-bond donors (Lipinski definition) is 1. The molecule has 2 heterocycles. The third-order valence-electron chi connectivity index (χ3n) is 7.28. The number of nitrogens with zero attached hydrogens (tertiary/aromatic N) is 4. The lowest BCUT2D eigenvalue weighted by Crippen LogP contribution is -2.49. The van der Waals surface area contributed by atoms with Crippen LogP contribution in [0.15, 0.2) is 42.5 Å². The molecule has 39 heavy (non-hydrogen) atoms. The number of hydrogen-bond acceptors (Lipinski definition) is 6. The van der Waals surface area contributed by atoms with E-state index in [1.54, 1.807) is 4.90 Å². The highest BCUT2D eigenvalue weighted by atomic mass is 19.4. The van der Waals surface area contributed by atoms with E-state index in [-0.39, 0.29) is 23.5 Å². The fourth-order valence-electron chi connectivity index (χ4n) is 5.07. The van der Waals surface area contributed by atoms with E-state index in [2.05, 4.69) is 10.2 Å². The quantitative estimate of drug-likeness (QED) is 0.413. The molecule has 2 aromatic carbocycles. The Labute approximate surface area is 224 Å². The number of nitrogens with one attached hydrogen (secondary N) is 1. The van der Waals surface area contributed by atoms with E-state index in [9.17, 15) is 32.9 Å². The number of nitro benzene ring substituents is 1. The van der Waals surface area contributed by atoms with Crippen molar-refractivity contribution in [1.29, 1.82) is 0 Å². The Balaban J connectivity index is 1.20. The van der Waals surface area contributed by atoms with Crippen LogP contribution in [-0.4, -0.2) is 83.3 Å². The Morgan fingerprint density at radius 3 is 2.31 bits per heavy atom. The number of piperazine rings is 1. The topological polar surface area (TPSA) is 99.0 Å². The van der Waals surface area contributed by atoms with Gasteiger partial charge in [-0.1, -0.05) is 17.7 Å². The molecular weight excluding hydrogens is 515 g/mol. The van der Waals surface area contributed by atoms with E-state index in [0.29, 0.717) is 70.6 Å². The highest BCUT2D eigenvalue weighted by Crippen LogP contribution is 2.38. The summed E-state index contributed by atoms with van der Waals surface area (Å²) < 4.78 is 39.8. The number of alkyl halides is 3. The van der Waals surface area contributed by atoms with E-state index in [1.807, 2.05) is 36.1 Å². The van der Waals surface area contributed by atoms with Crippen LogP contribution < -0.4 is 5.32 Å². The molecule has 0 aromatic heterocycles. The van der Waals surface area contributed by atoms with Gasteiger partial charge in [0, 0.05) is 75.6 Å². The van der Waals surface area contributed by atoms with Crippen molar-refractivity contribution in [2.24, 2.45) is 0 Å². The maximum atomic E-state index is 13.3. The number of aryl methyl sites for hydroxylation is 1. The number of carbonyl (C=O) groups is 2. The molecule has 9 nitrogen and oxygen atoms in total. The van der Waals surface area contributed by atoms with Gasteiger partial charge in [0.1, 0.15) is 5.56 Å². The molecule has 0 spiro atoms. The van der Waals surface area contributed by atoms with E-state index in [1.165, 1.54) is 6.07 Å². The Hall–Kier alpha value is -3.67. The molecule has 0 bridgehead atoms. The van der Waals surface area contributed by atoms with Crippen molar-refractivity contribution in [3.63, 3.8) is 0 Å². The molecule has 0 atom stereocenters. The summed E-state index contributed by atoms with van der Waals surface area (Å²) >= 11 is 0. The maximum Gasteiger partial charge on any atom is 0.423 e. The van der Waals surface area contributed by atoms with Gasteiger partial charge in [-0.25, -0.2) is 0 Å². The Kier molecular flexibility index (Phi) is 8.73. The maximum absolute atomic E-state index is 13.3. The van der Waals surface area contributed by atoms with Crippen molar-refractivity contribution >= 4 is 23.2 Å². The van der Waals surface area contributed by atoms with Crippen LogP contribution in [0.3, 0.4) is 0 Å². The molecular formula is C27H32F3N5O4. The molecule has 0 radical (unpaired) electrons. The fourth-order valence-corrected chi connectivity index (χ4v) is 5.07. The smallest absolute Gasteiger partial charge is 0.382 e. The van der Waals surface area contributed by atoms with Crippen molar-refractivity contribution in [1.82, 2.24) is 14.7 Å². The van der Waals surface area contributed by atoms with Crippen LogP contribution in [0, 0.1) is 17.0 Å². The van der Waals surface area contributed by atoms with Gasteiger partial charge in [0.15, 0.2) is 0 Å². The zero-order chi connectivity index (χ0) is 28.2. The number of piperidine rings is 1. The first-order valence-electron chi connectivity index (χ1n) is 13.0. The molecule has 2 aliphatic rings. The van der Waals surface area contributed by atoms with Crippen molar-refractivity contribution in [3.05, 3.63) is 69.3 Å². The van der Waals surface area contributed by atoms with Gasteiger partial charge in [-0.2, -0.15) is 13.2 Å². The summed E-state index contributed by atoms with van der Waals surface area (Å²) in [4.78, 5) is 41.2. The summed E-state index contributed by atoms with van der Waals surface area (Å²) in [6.07, 6.45) is -3.35. The zero-order valence-electron chi connectivity index (χ0n) is 21.7. The summed E-state index contributed by atoms with van der Waals surface area (Å²) in [6, 6.07) is 10.3. The van der Waals surface area contributed by atoms with Gasteiger partial charge in [0.05, 0.1) is 4.92 Å². The lowest BCUT2D eigenvalue weighted by molar-refractivity contribution is -0.388. The standard InChI is InChI=1S/C27H32F3N5O4/c1-19-3-2-4-20(17-19)26(37)34-15-13-32(14-16-34)10-9-25(36)33-11-7-21(8-12-33)31-22-5-6-24(35(38)39)23(18-22)27(28,29)30/h2-6,17-18,21,31H,7-16H2,1H3. The second-order valence-electron chi connectivity index (χ2n) is 10.0. The lowest BCUT2D eigenvalue weighted by Gasteiger charge is -2.36. The summed E-state index contributed by atoms with van der Waals surface area (Å²) in [5.41, 5.74) is -0.374. The number of rotatable bonds is 7. The predicted molar refractivity (Wildman–Crippen MR) is 139 cm³/mol. The Morgan fingerprint density at radius 1 is 1.00 bits per heavy atom. The first kappa shape index (κ1) is 28.3. The molecule has 2 amide bonds. The van der Waals surface area contributed by atoms with E-state index < -0.39 is 22.4 Å². The number of anilines is 1.